The summed E-state index contributed by atoms with van der Waals surface area (Å²) in [6.07, 6.45) is 3.54. The molecule has 0 unspecified atom stereocenters. The Morgan fingerprint density at radius 3 is 2.62 bits per heavy atom. The molecule has 1 amide bonds. The summed E-state index contributed by atoms with van der Waals surface area (Å²) in [7, 11) is -3.55. The first-order chi connectivity index (χ1) is 12.4. The first-order valence-electron chi connectivity index (χ1n) is 7.96. The van der Waals surface area contributed by atoms with Gasteiger partial charge in [-0.3, -0.25) is 9.10 Å². The van der Waals surface area contributed by atoms with Crippen LogP contribution in [0.4, 0.5) is 5.69 Å². The zero-order chi connectivity index (χ0) is 19.0. The molecular weight excluding hydrogens is 440 g/mol. The lowest BCUT2D eigenvalue weighted by Gasteiger charge is -2.22. The van der Waals surface area contributed by atoms with Crippen molar-refractivity contribution in [3.05, 3.63) is 52.9 Å². The van der Waals surface area contributed by atoms with Gasteiger partial charge in [-0.25, -0.2) is 8.42 Å². The molecule has 2 rings (SSSR count). The third kappa shape index (κ3) is 7.05. The Hall–Kier alpha value is -1.45. The molecule has 0 radical (unpaired) electrons. The Bertz CT molecular complexity index is 793. The number of hydrogen-bond acceptors (Lipinski definition) is 5. The SMILES string of the molecule is CS(=O)(=O)N(CC(=O)NCCCSCc1ccco1)c1ccc(Br)cc1. The molecule has 0 aliphatic rings. The average Bonchev–Trinajstić information content (AvgIpc) is 3.09. The van der Waals surface area contributed by atoms with Crippen LogP contribution in [0.15, 0.2) is 51.6 Å². The zero-order valence-corrected chi connectivity index (χ0v) is 17.6. The van der Waals surface area contributed by atoms with Crippen LogP contribution in [-0.4, -0.2) is 39.4 Å². The van der Waals surface area contributed by atoms with Crippen molar-refractivity contribution in [2.45, 2.75) is 12.2 Å². The van der Waals surface area contributed by atoms with Gasteiger partial charge in [0.2, 0.25) is 15.9 Å². The van der Waals surface area contributed by atoms with Gasteiger partial charge in [0.1, 0.15) is 12.3 Å². The Labute approximate surface area is 166 Å². The van der Waals surface area contributed by atoms with Gasteiger partial charge in [0, 0.05) is 11.0 Å². The summed E-state index contributed by atoms with van der Waals surface area (Å²) in [6.45, 7) is 0.266. The smallest absolute Gasteiger partial charge is 0.240 e. The molecule has 142 valence electrons. The normalized spacial score (nSPS) is 11.3. The van der Waals surface area contributed by atoms with Crippen LogP contribution in [0.1, 0.15) is 12.2 Å². The second-order valence-electron chi connectivity index (χ2n) is 5.58. The fourth-order valence-corrected chi connectivity index (χ4v) is 4.14. The fourth-order valence-electron chi connectivity index (χ4n) is 2.16. The molecule has 6 nitrogen and oxygen atoms in total. The number of furan rings is 1. The van der Waals surface area contributed by atoms with Crippen molar-refractivity contribution >= 4 is 49.3 Å². The van der Waals surface area contributed by atoms with Crippen molar-refractivity contribution in [2.75, 3.05) is 29.4 Å². The highest BCUT2D eigenvalue weighted by Gasteiger charge is 2.20. The number of benzene rings is 1. The van der Waals surface area contributed by atoms with Gasteiger partial charge in [-0.15, -0.1) is 0 Å². The van der Waals surface area contributed by atoms with Crippen LogP contribution in [-0.2, 0) is 20.6 Å². The van der Waals surface area contributed by atoms with Gasteiger partial charge in [0.15, 0.2) is 0 Å². The summed E-state index contributed by atoms with van der Waals surface area (Å²) >= 11 is 5.03. The van der Waals surface area contributed by atoms with E-state index >= 15 is 0 Å². The summed E-state index contributed by atoms with van der Waals surface area (Å²) in [5, 5.41) is 2.77. The van der Waals surface area contributed by atoms with Gasteiger partial charge >= 0.3 is 0 Å². The van der Waals surface area contributed by atoms with Gasteiger partial charge in [0.05, 0.1) is 24.0 Å². The molecule has 0 saturated carbocycles. The molecule has 1 heterocycles. The first-order valence-corrected chi connectivity index (χ1v) is 11.8. The van der Waals surface area contributed by atoms with E-state index in [0.717, 1.165) is 38.7 Å². The molecular formula is C17H21BrN2O4S2. The van der Waals surface area contributed by atoms with Crippen LogP contribution in [0.2, 0.25) is 0 Å². The molecule has 0 bridgehead atoms. The number of carbonyl (C=O) groups is 1. The van der Waals surface area contributed by atoms with E-state index in [4.69, 9.17) is 4.42 Å². The number of rotatable bonds is 10. The van der Waals surface area contributed by atoms with Gasteiger partial charge in [-0.05, 0) is 48.6 Å². The monoisotopic (exact) mass is 460 g/mol. The van der Waals surface area contributed by atoms with Gasteiger partial charge in [0.25, 0.3) is 0 Å². The topological polar surface area (TPSA) is 79.6 Å². The van der Waals surface area contributed by atoms with Gasteiger partial charge < -0.3 is 9.73 Å². The van der Waals surface area contributed by atoms with E-state index in [0.29, 0.717) is 12.2 Å². The highest BCUT2D eigenvalue weighted by atomic mass is 79.9. The van der Waals surface area contributed by atoms with Crippen molar-refractivity contribution in [1.82, 2.24) is 5.32 Å². The van der Waals surface area contributed by atoms with Crippen LogP contribution < -0.4 is 9.62 Å². The number of thioether (sulfide) groups is 1. The van der Waals surface area contributed by atoms with E-state index < -0.39 is 10.0 Å². The maximum atomic E-state index is 12.1. The van der Waals surface area contributed by atoms with E-state index in [-0.39, 0.29) is 12.5 Å². The average molecular weight is 461 g/mol. The lowest BCUT2D eigenvalue weighted by molar-refractivity contribution is -0.119. The maximum Gasteiger partial charge on any atom is 0.240 e. The minimum Gasteiger partial charge on any atom is -0.468 e. The number of anilines is 1. The maximum absolute atomic E-state index is 12.1. The van der Waals surface area contributed by atoms with Crippen LogP contribution in [0.5, 0.6) is 0 Å². The number of sulfonamides is 1. The highest BCUT2D eigenvalue weighted by molar-refractivity contribution is 9.10. The van der Waals surface area contributed by atoms with Gasteiger partial charge in [-0.1, -0.05) is 15.9 Å². The minimum absolute atomic E-state index is 0.236. The molecule has 0 atom stereocenters. The van der Waals surface area contributed by atoms with Crippen molar-refractivity contribution in [1.29, 1.82) is 0 Å². The zero-order valence-electron chi connectivity index (χ0n) is 14.4. The lowest BCUT2D eigenvalue weighted by atomic mass is 10.3. The summed E-state index contributed by atoms with van der Waals surface area (Å²) in [4.78, 5) is 12.1. The van der Waals surface area contributed by atoms with Crippen molar-refractivity contribution in [3.8, 4) is 0 Å². The van der Waals surface area contributed by atoms with Crippen LogP contribution in [0.25, 0.3) is 0 Å². The molecule has 0 aliphatic carbocycles. The molecule has 1 N–H and O–H groups in total. The third-order valence-corrected chi connectivity index (χ3v) is 6.15. The molecule has 9 heteroatoms. The largest absolute Gasteiger partial charge is 0.468 e. The highest BCUT2D eigenvalue weighted by Crippen LogP contribution is 2.20. The number of hydrogen-bond donors (Lipinski definition) is 1. The molecule has 0 spiro atoms. The van der Waals surface area contributed by atoms with E-state index in [1.165, 1.54) is 0 Å². The van der Waals surface area contributed by atoms with E-state index in [2.05, 4.69) is 21.2 Å². The third-order valence-electron chi connectivity index (χ3n) is 3.41. The van der Waals surface area contributed by atoms with Crippen molar-refractivity contribution in [3.63, 3.8) is 0 Å². The number of amides is 1. The minimum atomic E-state index is -3.55. The predicted molar refractivity (Wildman–Crippen MR) is 109 cm³/mol. The van der Waals surface area contributed by atoms with Crippen molar-refractivity contribution in [2.24, 2.45) is 0 Å². The second-order valence-corrected chi connectivity index (χ2v) is 9.51. The molecule has 0 aliphatic heterocycles. The Balaban J connectivity index is 1.75. The molecule has 0 fully saturated rings. The fraction of sp³-hybridized carbons (Fsp3) is 0.353. The number of carbonyl (C=O) groups excluding carboxylic acids is 1. The first kappa shape index (κ1) is 20.9. The standard InChI is InChI=1S/C17H21BrN2O4S2/c1-26(22,23)20(15-7-5-14(18)6-8-15)12-17(21)19-9-3-11-25-13-16-4-2-10-24-16/h2,4-8,10H,3,9,11-13H2,1H3,(H,19,21). The van der Waals surface area contributed by atoms with Crippen LogP contribution in [0, 0.1) is 0 Å². The Kier molecular flexibility index (Phi) is 8.05. The molecule has 0 saturated heterocycles. The van der Waals surface area contributed by atoms with Crippen LogP contribution in [0.3, 0.4) is 0 Å². The molecule has 1 aromatic carbocycles. The summed E-state index contributed by atoms with van der Waals surface area (Å²) in [5.74, 6) is 2.28. The molecule has 26 heavy (non-hydrogen) atoms. The predicted octanol–water partition coefficient (Wildman–Crippen LogP) is 3.25. The Morgan fingerprint density at radius 2 is 2.00 bits per heavy atom. The van der Waals surface area contributed by atoms with E-state index in [1.807, 2.05) is 12.1 Å². The molecule has 2 aromatic rings. The number of nitrogens with zero attached hydrogens (tertiary/aromatic N) is 1. The summed E-state index contributed by atoms with van der Waals surface area (Å²) in [5.41, 5.74) is 0.458. The Morgan fingerprint density at radius 1 is 1.27 bits per heavy atom. The van der Waals surface area contributed by atoms with Gasteiger partial charge in [-0.2, -0.15) is 11.8 Å². The van der Waals surface area contributed by atoms with Crippen LogP contribution >= 0.6 is 27.7 Å². The van der Waals surface area contributed by atoms with E-state index in [1.54, 1.807) is 42.3 Å². The quantitative estimate of drug-likeness (QED) is 0.550. The van der Waals surface area contributed by atoms with E-state index in [9.17, 15) is 13.2 Å². The lowest BCUT2D eigenvalue weighted by Crippen LogP contribution is -2.40. The molecule has 1 aromatic heterocycles. The second kappa shape index (κ2) is 10.0. The summed E-state index contributed by atoms with van der Waals surface area (Å²) in [6, 6.07) is 10.6. The number of halogens is 1. The number of nitrogens with one attached hydrogen (secondary N) is 1. The van der Waals surface area contributed by atoms with Crippen molar-refractivity contribution < 1.29 is 17.6 Å². The summed E-state index contributed by atoms with van der Waals surface area (Å²) < 4.78 is 31.2.